The second-order valence-corrected chi connectivity index (χ2v) is 4.84. The van der Waals surface area contributed by atoms with Gasteiger partial charge in [0.2, 0.25) is 0 Å². The number of azo groups is 1. The summed E-state index contributed by atoms with van der Waals surface area (Å²) in [5.41, 5.74) is 1.74. The Labute approximate surface area is 138 Å². The molecular weight excluding hydrogens is 306 g/mol. The van der Waals surface area contributed by atoms with Crippen molar-refractivity contribution in [2.24, 2.45) is 10.2 Å². The highest BCUT2D eigenvalue weighted by Gasteiger charge is 2.21. The number of benzene rings is 2. The Kier molecular flexibility index (Phi) is 4.25. The maximum absolute atomic E-state index is 9.83. The molecule has 1 aromatic heterocycles. The van der Waals surface area contributed by atoms with Crippen molar-refractivity contribution < 1.29 is 14.3 Å². The number of hydrogen-bond donors (Lipinski definition) is 1. The molecule has 0 atom stereocenters. The van der Waals surface area contributed by atoms with E-state index in [4.69, 9.17) is 9.15 Å². The van der Waals surface area contributed by atoms with Gasteiger partial charge < -0.3 is 14.3 Å². The van der Waals surface area contributed by atoms with Gasteiger partial charge in [0.1, 0.15) is 17.4 Å². The maximum atomic E-state index is 9.83. The van der Waals surface area contributed by atoms with E-state index in [0.29, 0.717) is 22.6 Å². The van der Waals surface area contributed by atoms with Gasteiger partial charge in [-0.1, -0.05) is 30.3 Å². The molecule has 0 radical (unpaired) electrons. The van der Waals surface area contributed by atoms with Crippen molar-refractivity contribution in [2.75, 3.05) is 7.11 Å². The normalized spacial score (nSPS) is 10.7. The zero-order valence-corrected chi connectivity index (χ0v) is 12.8. The SMILES string of the molecule is COc1ccc(N=Nc2oc(O)c(C#N)c2-c2ccccc2)cc1. The summed E-state index contributed by atoms with van der Waals surface area (Å²) in [5, 5.41) is 27.2. The van der Waals surface area contributed by atoms with E-state index in [1.807, 2.05) is 24.3 Å². The summed E-state index contributed by atoms with van der Waals surface area (Å²) < 4.78 is 10.3. The number of aromatic hydroxyl groups is 1. The van der Waals surface area contributed by atoms with Gasteiger partial charge in [0.15, 0.2) is 0 Å². The fourth-order valence-corrected chi connectivity index (χ4v) is 2.21. The highest BCUT2D eigenvalue weighted by molar-refractivity contribution is 5.80. The van der Waals surface area contributed by atoms with Crippen LogP contribution in [0.4, 0.5) is 11.6 Å². The largest absolute Gasteiger partial charge is 0.497 e. The van der Waals surface area contributed by atoms with Crippen molar-refractivity contribution in [2.45, 2.75) is 0 Å². The van der Waals surface area contributed by atoms with Gasteiger partial charge in [-0.15, -0.1) is 10.2 Å². The quantitative estimate of drug-likeness (QED) is 0.689. The third kappa shape index (κ3) is 2.96. The van der Waals surface area contributed by atoms with E-state index in [1.165, 1.54) is 0 Å². The Balaban J connectivity index is 2.02. The first-order valence-electron chi connectivity index (χ1n) is 7.10. The molecule has 0 aliphatic rings. The van der Waals surface area contributed by atoms with E-state index in [0.717, 1.165) is 0 Å². The lowest BCUT2D eigenvalue weighted by atomic mass is 10.0. The summed E-state index contributed by atoms with van der Waals surface area (Å²) in [7, 11) is 1.58. The molecule has 0 unspecified atom stereocenters. The van der Waals surface area contributed by atoms with Gasteiger partial charge in [0.05, 0.1) is 18.4 Å². The van der Waals surface area contributed by atoms with Gasteiger partial charge in [0, 0.05) is 0 Å². The monoisotopic (exact) mass is 319 g/mol. The first-order valence-corrected chi connectivity index (χ1v) is 7.10. The first-order chi connectivity index (χ1) is 11.7. The maximum Gasteiger partial charge on any atom is 0.303 e. The van der Waals surface area contributed by atoms with Crippen molar-refractivity contribution in [1.82, 2.24) is 0 Å². The molecule has 2 aromatic carbocycles. The Morgan fingerprint density at radius 3 is 2.38 bits per heavy atom. The van der Waals surface area contributed by atoms with Crippen molar-refractivity contribution in [3.8, 4) is 28.9 Å². The Hall–Kier alpha value is -3.59. The molecule has 3 rings (SSSR count). The molecule has 0 spiro atoms. The van der Waals surface area contributed by atoms with Gasteiger partial charge in [-0.05, 0) is 29.8 Å². The van der Waals surface area contributed by atoms with Crippen LogP contribution in [0.3, 0.4) is 0 Å². The molecule has 1 N–H and O–H groups in total. The number of ether oxygens (including phenoxy) is 1. The summed E-state index contributed by atoms with van der Waals surface area (Å²) >= 11 is 0. The third-order valence-electron chi connectivity index (χ3n) is 3.37. The topological polar surface area (TPSA) is 91.1 Å². The Morgan fingerprint density at radius 2 is 1.75 bits per heavy atom. The van der Waals surface area contributed by atoms with Crippen LogP contribution in [0, 0.1) is 11.3 Å². The molecule has 118 valence electrons. The zero-order chi connectivity index (χ0) is 16.9. The van der Waals surface area contributed by atoms with Gasteiger partial charge in [-0.25, -0.2) is 0 Å². The number of methoxy groups -OCH3 is 1. The van der Waals surface area contributed by atoms with E-state index in [9.17, 15) is 10.4 Å². The molecule has 3 aromatic rings. The predicted molar refractivity (Wildman–Crippen MR) is 87.7 cm³/mol. The lowest BCUT2D eigenvalue weighted by molar-refractivity contribution is 0.335. The fourth-order valence-electron chi connectivity index (χ4n) is 2.21. The van der Waals surface area contributed by atoms with E-state index in [1.54, 1.807) is 43.5 Å². The van der Waals surface area contributed by atoms with Crippen LogP contribution in [0.25, 0.3) is 11.1 Å². The number of rotatable bonds is 4. The second-order valence-electron chi connectivity index (χ2n) is 4.84. The van der Waals surface area contributed by atoms with Crippen LogP contribution in [0.1, 0.15) is 5.56 Å². The number of nitriles is 1. The predicted octanol–water partition coefficient (Wildman–Crippen LogP) is 4.95. The van der Waals surface area contributed by atoms with Gasteiger partial charge in [-0.3, -0.25) is 0 Å². The Bertz CT molecular complexity index is 907. The smallest absolute Gasteiger partial charge is 0.303 e. The van der Waals surface area contributed by atoms with Crippen LogP contribution in [0.2, 0.25) is 0 Å². The molecule has 0 fully saturated rings. The molecule has 24 heavy (non-hydrogen) atoms. The van der Waals surface area contributed by atoms with Crippen LogP contribution in [0.15, 0.2) is 69.2 Å². The molecule has 6 heteroatoms. The number of furan rings is 1. The number of nitrogens with zero attached hydrogens (tertiary/aromatic N) is 3. The lowest BCUT2D eigenvalue weighted by Crippen LogP contribution is -1.80. The van der Waals surface area contributed by atoms with E-state index < -0.39 is 5.95 Å². The third-order valence-corrected chi connectivity index (χ3v) is 3.37. The van der Waals surface area contributed by atoms with Crippen LogP contribution in [-0.4, -0.2) is 12.2 Å². The summed E-state index contributed by atoms with van der Waals surface area (Å²) in [4.78, 5) is 0. The fraction of sp³-hybridized carbons (Fsp3) is 0.0556. The van der Waals surface area contributed by atoms with E-state index in [2.05, 4.69) is 10.2 Å². The van der Waals surface area contributed by atoms with Crippen molar-refractivity contribution in [3.63, 3.8) is 0 Å². The van der Waals surface area contributed by atoms with Crippen molar-refractivity contribution in [1.29, 1.82) is 5.26 Å². The van der Waals surface area contributed by atoms with Crippen LogP contribution in [-0.2, 0) is 0 Å². The molecule has 0 bridgehead atoms. The van der Waals surface area contributed by atoms with Crippen molar-refractivity contribution >= 4 is 11.6 Å². The summed E-state index contributed by atoms with van der Waals surface area (Å²) in [5.74, 6) is 0.312. The molecule has 0 amide bonds. The minimum atomic E-state index is -0.472. The second kappa shape index (κ2) is 6.67. The average Bonchev–Trinajstić information content (AvgIpc) is 2.96. The molecule has 0 saturated carbocycles. The lowest BCUT2D eigenvalue weighted by Gasteiger charge is -1.99. The van der Waals surface area contributed by atoms with Gasteiger partial charge in [0.25, 0.3) is 5.88 Å². The molecule has 0 aliphatic carbocycles. The highest BCUT2D eigenvalue weighted by Crippen LogP contribution is 2.41. The van der Waals surface area contributed by atoms with Crippen LogP contribution in [0.5, 0.6) is 11.7 Å². The van der Waals surface area contributed by atoms with Gasteiger partial charge >= 0.3 is 5.95 Å². The van der Waals surface area contributed by atoms with E-state index in [-0.39, 0.29) is 11.4 Å². The summed E-state index contributed by atoms with van der Waals surface area (Å²) in [6, 6.07) is 18.0. The number of hydrogen-bond acceptors (Lipinski definition) is 6. The molecule has 0 aliphatic heterocycles. The highest BCUT2D eigenvalue weighted by atomic mass is 16.5. The molecule has 6 nitrogen and oxygen atoms in total. The van der Waals surface area contributed by atoms with Crippen LogP contribution >= 0.6 is 0 Å². The van der Waals surface area contributed by atoms with Gasteiger partial charge in [-0.2, -0.15) is 5.26 Å². The van der Waals surface area contributed by atoms with Crippen molar-refractivity contribution in [3.05, 3.63) is 60.2 Å². The Morgan fingerprint density at radius 1 is 1.04 bits per heavy atom. The minimum absolute atomic E-state index is 0.0323. The zero-order valence-electron chi connectivity index (χ0n) is 12.8. The first kappa shape index (κ1) is 15.3. The standard InChI is InChI=1S/C18H13N3O3/c1-23-14-9-7-13(8-10-14)20-21-17-16(12-5-3-2-4-6-12)15(11-19)18(22)24-17/h2-10,22H,1H3. The summed E-state index contributed by atoms with van der Waals surface area (Å²) in [6.45, 7) is 0. The minimum Gasteiger partial charge on any atom is -0.497 e. The summed E-state index contributed by atoms with van der Waals surface area (Å²) in [6.07, 6.45) is 0. The molecular formula is C18H13N3O3. The average molecular weight is 319 g/mol. The molecule has 1 heterocycles. The van der Waals surface area contributed by atoms with E-state index >= 15 is 0 Å². The van der Waals surface area contributed by atoms with Crippen LogP contribution < -0.4 is 4.74 Å². The molecule has 0 saturated heterocycles.